The van der Waals surface area contributed by atoms with Gasteiger partial charge in [-0.25, -0.2) is 4.79 Å². The molecule has 2 rings (SSSR count). The highest BCUT2D eigenvalue weighted by Gasteiger charge is 2.46. The van der Waals surface area contributed by atoms with Gasteiger partial charge in [0.15, 0.2) is 0 Å². The Morgan fingerprint density at radius 1 is 1.50 bits per heavy atom. The Morgan fingerprint density at radius 2 is 2.21 bits per heavy atom. The largest absolute Gasteiger partial charge is 0.508 e. The van der Waals surface area contributed by atoms with Crippen molar-refractivity contribution in [3.05, 3.63) is 28.2 Å². The van der Waals surface area contributed by atoms with Crippen molar-refractivity contribution in [2.24, 2.45) is 4.99 Å². The summed E-state index contributed by atoms with van der Waals surface area (Å²) < 4.78 is 0.810. The molecule has 4 heteroatoms. The Balaban J connectivity index is 2.47. The summed E-state index contributed by atoms with van der Waals surface area (Å²) in [7, 11) is 0. The van der Waals surface area contributed by atoms with E-state index in [0.717, 1.165) is 17.3 Å². The average molecular weight is 254 g/mol. The molecule has 14 heavy (non-hydrogen) atoms. The Kier molecular flexibility index (Phi) is 2.17. The molecule has 0 aliphatic heterocycles. The standard InChI is InChI=1S/C10H8BrNO2/c11-7-1-2-8(9(14)5-7)10(3-4-10)12-6-13/h1-2,5,14H,3-4H2. The summed E-state index contributed by atoms with van der Waals surface area (Å²) in [5, 5.41) is 9.67. The SMILES string of the molecule is O=C=NC1(c2ccc(Br)cc2O)CC1. The molecule has 0 atom stereocenters. The molecule has 1 fully saturated rings. The van der Waals surface area contributed by atoms with Gasteiger partial charge >= 0.3 is 0 Å². The second-order valence-electron chi connectivity index (χ2n) is 3.40. The molecule has 0 unspecified atom stereocenters. The van der Waals surface area contributed by atoms with Gasteiger partial charge in [-0.1, -0.05) is 22.0 Å². The van der Waals surface area contributed by atoms with Gasteiger partial charge in [0.1, 0.15) is 11.3 Å². The van der Waals surface area contributed by atoms with Crippen molar-refractivity contribution in [3.63, 3.8) is 0 Å². The smallest absolute Gasteiger partial charge is 0.235 e. The van der Waals surface area contributed by atoms with Gasteiger partial charge in [0, 0.05) is 10.0 Å². The van der Waals surface area contributed by atoms with Crippen LogP contribution in [0.15, 0.2) is 27.7 Å². The zero-order valence-electron chi connectivity index (χ0n) is 7.33. The molecule has 3 nitrogen and oxygen atoms in total. The molecule has 0 amide bonds. The summed E-state index contributed by atoms with van der Waals surface area (Å²) in [4.78, 5) is 14.0. The third-order valence-electron chi connectivity index (χ3n) is 2.44. The van der Waals surface area contributed by atoms with E-state index in [2.05, 4.69) is 20.9 Å². The van der Waals surface area contributed by atoms with Crippen LogP contribution in [0.4, 0.5) is 0 Å². The van der Waals surface area contributed by atoms with Gasteiger partial charge in [-0.2, -0.15) is 4.99 Å². The van der Waals surface area contributed by atoms with Gasteiger partial charge in [-0.15, -0.1) is 0 Å². The number of aromatic hydroxyl groups is 1. The molecule has 0 radical (unpaired) electrons. The number of hydrogen-bond donors (Lipinski definition) is 1. The Bertz CT molecular complexity index is 420. The number of phenols is 1. The van der Waals surface area contributed by atoms with Crippen LogP contribution in [0.3, 0.4) is 0 Å². The van der Waals surface area contributed by atoms with Crippen LogP contribution in [0, 0.1) is 0 Å². The van der Waals surface area contributed by atoms with Crippen molar-refractivity contribution < 1.29 is 9.90 Å². The maximum atomic E-state index is 10.2. The molecule has 72 valence electrons. The van der Waals surface area contributed by atoms with Crippen molar-refractivity contribution in [3.8, 4) is 5.75 Å². The average Bonchev–Trinajstić information content (AvgIpc) is 2.86. The van der Waals surface area contributed by atoms with Crippen molar-refractivity contribution in [2.45, 2.75) is 18.4 Å². The lowest BCUT2D eigenvalue weighted by Crippen LogP contribution is -2.02. The monoisotopic (exact) mass is 253 g/mol. The van der Waals surface area contributed by atoms with Crippen LogP contribution in [-0.4, -0.2) is 11.2 Å². The van der Waals surface area contributed by atoms with E-state index in [9.17, 15) is 9.90 Å². The van der Waals surface area contributed by atoms with Gasteiger partial charge < -0.3 is 5.11 Å². The first-order chi connectivity index (χ1) is 6.68. The van der Waals surface area contributed by atoms with Gasteiger partial charge in [-0.05, 0) is 25.0 Å². The number of nitrogens with zero attached hydrogens (tertiary/aromatic N) is 1. The second-order valence-corrected chi connectivity index (χ2v) is 4.31. The molecule has 1 aromatic carbocycles. The van der Waals surface area contributed by atoms with Crippen LogP contribution in [0.5, 0.6) is 5.75 Å². The fourth-order valence-corrected chi connectivity index (χ4v) is 1.89. The Labute approximate surface area is 89.6 Å². The normalized spacial score (nSPS) is 17.2. The van der Waals surface area contributed by atoms with Crippen LogP contribution in [0.1, 0.15) is 18.4 Å². The van der Waals surface area contributed by atoms with E-state index in [-0.39, 0.29) is 5.75 Å². The summed E-state index contributed by atoms with van der Waals surface area (Å²) in [6.07, 6.45) is 3.17. The summed E-state index contributed by atoms with van der Waals surface area (Å²) >= 11 is 3.25. The lowest BCUT2D eigenvalue weighted by atomic mass is 10.0. The molecule has 1 aliphatic carbocycles. The van der Waals surface area contributed by atoms with E-state index >= 15 is 0 Å². The number of aliphatic imine (C=N–C) groups is 1. The lowest BCUT2D eigenvalue weighted by molar-refractivity contribution is 0.459. The molecule has 1 aromatic rings. The van der Waals surface area contributed by atoms with Crippen LogP contribution >= 0.6 is 15.9 Å². The predicted octanol–water partition coefficient (Wildman–Crippen LogP) is 2.48. The maximum absolute atomic E-state index is 10.2. The topological polar surface area (TPSA) is 49.7 Å². The first-order valence-electron chi connectivity index (χ1n) is 4.26. The maximum Gasteiger partial charge on any atom is 0.235 e. The molecule has 1 N–H and O–H groups in total. The minimum atomic E-state index is -0.494. The molecule has 0 bridgehead atoms. The predicted molar refractivity (Wildman–Crippen MR) is 54.8 cm³/mol. The Morgan fingerprint density at radius 3 is 2.71 bits per heavy atom. The first-order valence-corrected chi connectivity index (χ1v) is 5.05. The van der Waals surface area contributed by atoms with Crippen molar-refractivity contribution >= 4 is 22.0 Å². The fraction of sp³-hybridized carbons (Fsp3) is 0.300. The highest BCUT2D eigenvalue weighted by atomic mass is 79.9. The summed E-state index contributed by atoms with van der Waals surface area (Å²) in [6, 6.07) is 5.22. The number of hydrogen-bond acceptors (Lipinski definition) is 3. The van der Waals surface area contributed by atoms with E-state index in [1.165, 1.54) is 0 Å². The third-order valence-corrected chi connectivity index (χ3v) is 2.94. The van der Waals surface area contributed by atoms with Crippen LogP contribution in [0.25, 0.3) is 0 Å². The van der Waals surface area contributed by atoms with Gasteiger partial charge in [0.25, 0.3) is 0 Å². The number of phenolic OH excluding ortho intramolecular Hbond substituents is 1. The minimum Gasteiger partial charge on any atom is -0.508 e. The Hall–Kier alpha value is -1.12. The molecular weight excluding hydrogens is 246 g/mol. The number of benzene rings is 1. The van der Waals surface area contributed by atoms with E-state index in [0.29, 0.717) is 5.56 Å². The van der Waals surface area contributed by atoms with Crippen molar-refractivity contribution in [1.29, 1.82) is 0 Å². The third kappa shape index (κ3) is 1.47. The summed E-state index contributed by atoms with van der Waals surface area (Å²) in [5.74, 6) is 0.177. The number of isocyanates is 1. The van der Waals surface area contributed by atoms with E-state index < -0.39 is 5.54 Å². The van der Waals surface area contributed by atoms with Gasteiger partial charge in [-0.3, -0.25) is 0 Å². The highest BCUT2D eigenvalue weighted by Crippen LogP contribution is 2.52. The van der Waals surface area contributed by atoms with Crippen molar-refractivity contribution in [1.82, 2.24) is 0 Å². The quantitative estimate of drug-likeness (QED) is 0.651. The lowest BCUT2D eigenvalue weighted by Gasteiger charge is -2.10. The molecule has 0 spiro atoms. The van der Waals surface area contributed by atoms with E-state index in [1.54, 1.807) is 18.2 Å². The summed E-state index contributed by atoms with van der Waals surface area (Å²) in [6.45, 7) is 0. The van der Waals surface area contributed by atoms with Crippen molar-refractivity contribution in [2.75, 3.05) is 0 Å². The molecule has 1 aliphatic rings. The minimum absolute atomic E-state index is 0.177. The van der Waals surface area contributed by atoms with Crippen LogP contribution in [0.2, 0.25) is 0 Å². The molecule has 1 saturated carbocycles. The second kappa shape index (κ2) is 3.23. The zero-order chi connectivity index (χ0) is 10.2. The van der Waals surface area contributed by atoms with Gasteiger partial charge in [0.05, 0.1) is 0 Å². The zero-order valence-corrected chi connectivity index (χ0v) is 8.91. The fourth-order valence-electron chi connectivity index (χ4n) is 1.55. The number of rotatable bonds is 2. The molecule has 0 aromatic heterocycles. The molecular formula is C10H8BrNO2. The van der Waals surface area contributed by atoms with Gasteiger partial charge in [0.2, 0.25) is 6.08 Å². The molecule has 0 heterocycles. The van der Waals surface area contributed by atoms with Crippen LogP contribution in [-0.2, 0) is 10.3 Å². The molecule has 0 saturated heterocycles. The number of carbonyl (C=O) groups excluding carboxylic acids is 1. The number of halogens is 1. The van der Waals surface area contributed by atoms with E-state index in [4.69, 9.17) is 0 Å². The highest BCUT2D eigenvalue weighted by molar-refractivity contribution is 9.10. The first kappa shape index (κ1) is 9.44. The summed E-state index contributed by atoms with van der Waals surface area (Å²) in [5.41, 5.74) is 0.219. The van der Waals surface area contributed by atoms with E-state index in [1.807, 2.05) is 6.07 Å². The van der Waals surface area contributed by atoms with Crippen LogP contribution < -0.4 is 0 Å².